The molecular formula is C24H34N4O4. The predicted octanol–water partition coefficient (Wildman–Crippen LogP) is 2.32. The van der Waals surface area contributed by atoms with Crippen LogP contribution in [-0.2, 0) is 4.74 Å². The van der Waals surface area contributed by atoms with E-state index in [1.807, 2.05) is 42.5 Å². The van der Waals surface area contributed by atoms with Crippen LogP contribution in [0.1, 0.15) is 11.6 Å². The third-order valence-corrected chi connectivity index (χ3v) is 5.37. The summed E-state index contributed by atoms with van der Waals surface area (Å²) >= 11 is 0. The molecule has 0 spiro atoms. The summed E-state index contributed by atoms with van der Waals surface area (Å²) in [6, 6.07) is 16.0. The number of methoxy groups -OCH3 is 2. The van der Waals surface area contributed by atoms with E-state index in [1.54, 1.807) is 21.3 Å². The van der Waals surface area contributed by atoms with Gasteiger partial charge in [0, 0.05) is 26.7 Å². The number of nitrogens with one attached hydrogen (secondary N) is 2. The van der Waals surface area contributed by atoms with Crippen LogP contribution in [0.25, 0.3) is 0 Å². The number of hydrogen-bond donors (Lipinski definition) is 2. The Kier molecular flexibility index (Phi) is 9.46. The molecule has 0 aliphatic carbocycles. The molecule has 1 aliphatic heterocycles. The summed E-state index contributed by atoms with van der Waals surface area (Å²) in [5.41, 5.74) is 1.15. The van der Waals surface area contributed by atoms with Crippen LogP contribution in [0, 0.1) is 0 Å². The second kappa shape index (κ2) is 12.8. The van der Waals surface area contributed by atoms with Crippen molar-refractivity contribution < 1.29 is 18.9 Å². The van der Waals surface area contributed by atoms with Crippen molar-refractivity contribution in [3.63, 3.8) is 0 Å². The summed E-state index contributed by atoms with van der Waals surface area (Å²) in [6.45, 7) is 5.09. The Morgan fingerprint density at radius 3 is 2.47 bits per heavy atom. The van der Waals surface area contributed by atoms with Crippen molar-refractivity contribution in [2.75, 3.05) is 67.3 Å². The Bertz CT molecular complexity index is 841. The van der Waals surface area contributed by atoms with E-state index in [0.29, 0.717) is 19.7 Å². The van der Waals surface area contributed by atoms with Crippen LogP contribution in [0.2, 0.25) is 0 Å². The zero-order chi connectivity index (χ0) is 22.6. The molecule has 1 fully saturated rings. The average molecular weight is 443 g/mol. The molecule has 3 rings (SSSR count). The third kappa shape index (κ3) is 6.77. The lowest BCUT2D eigenvalue weighted by Crippen LogP contribution is -2.46. The second-order valence-electron chi connectivity index (χ2n) is 7.32. The molecule has 8 nitrogen and oxygen atoms in total. The van der Waals surface area contributed by atoms with Gasteiger partial charge in [-0.1, -0.05) is 24.3 Å². The van der Waals surface area contributed by atoms with Gasteiger partial charge in [0.05, 0.1) is 40.0 Å². The normalized spacial score (nSPS) is 15.7. The fourth-order valence-electron chi connectivity index (χ4n) is 3.68. The Labute approximate surface area is 190 Å². The molecule has 2 N–H and O–H groups in total. The van der Waals surface area contributed by atoms with E-state index < -0.39 is 0 Å². The minimum absolute atomic E-state index is 0.137. The van der Waals surface area contributed by atoms with Gasteiger partial charge in [0.25, 0.3) is 0 Å². The van der Waals surface area contributed by atoms with Gasteiger partial charge >= 0.3 is 0 Å². The summed E-state index contributed by atoms with van der Waals surface area (Å²) in [5.74, 6) is 3.04. The van der Waals surface area contributed by atoms with E-state index in [0.717, 1.165) is 55.1 Å². The summed E-state index contributed by atoms with van der Waals surface area (Å²) in [7, 11) is 5.08. The van der Waals surface area contributed by atoms with Crippen LogP contribution in [0.15, 0.2) is 53.5 Å². The molecule has 1 aliphatic rings. The van der Waals surface area contributed by atoms with E-state index in [-0.39, 0.29) is 6.04 Å². The predicted molar refractivity (Wildman–Crippen MR) is 126 cm³/mol. The quantitative estimate of drug-likeness (QED) is 0.332. The molecule has 1 atom stereocenters. The Morgan fingerprint density at radius 1 is 1.03 bits per heavy atom. The highest BCUT2D eigenvalue weighted by Gasteiger charge is 2.24. The van der Waals surface area contributed by atoms with Crippen molar-refractivity contribution in [3.8, 4) is 17.2 Å². The van der Waals surface area contributed by atoms with Gasteiger partial charge in [0.1, 0.15) is 12.4 Å². The monoisotopic (exact) mass is 442 g/mol. The lowest BCUT2D eigenvalue weighted by atomic mass is 10.0. The summed E-state index contributed by atoms with van der Waals surface area (Å²) in [6.07, 6.45) is 0. The van der Waals surface area contributed by atoms with Crippen LogP contribution in [0.4, 0.5) is 0 Å². The standard InChI is InChI=1S/C24H34N4O4/c1-25-24(26-11-14-32-20-7-5-4-6-8-20)27-18-21(28-12-15-31-16-13-28)19-9-10-22(29-2)23(17-19)30-3/h4-10,17,21H,11-16,18H2,1-3H3,(H2,25,26,27). The largest absolute Gasteiger partial charge is 0.493 e. The lowest BCUT2D eigenvalue weighted by molar-refractivity contribution is 0.0169. The molecule has 0 bridgehead atoms. The van der Waals surface area contributed by atoms with Crippen LogP contribution in [0.3, 0.4) is 0 Å². The summed E-state index contributed by atoms with van der Waals surface area (Å²) in [5, 5.41) is 6.78. The SMILES string of the molecule is CN=C(NCCOc1ccccc1)NCC(c1ccc(OC)c(OC)c1)N1CCOCC1. The maximum atomic E-state index is 5.75. The molecule has 0 amide bonds. The number of rotatable bonds is 10. The fraction of sp³-hybridized carbons (Fsp3) is 0.458. The summed E-state index contributed by atoms with van der Waals surface area (Å²) < 4.78 is 22.2. The minimum atomic E-state index is 0.137. The van der Waals surface area contributed by atoms with Gasteiger partial charge in [0.15, 0.2) is 17.5 Å². The zero-order valence-corrected chi connectivity index (χ0v) is 19.2. The smallest absolute Gasteiger partial charge is 0.191 e. The number of aliphatic imine (C=N–C) groups is 1. The maximum absolute atomic E-state index is 5.75. The number of morpholine rings is 1. The van der Waals surface area contributed by atoms with Gasteiger partial charge in [-0.3, -0.25) is 9.89 Å². The van der Waals surface area contributed by atoms with Crippen molar-refractivity contribution >= 4 is 5.96 Å². The highest BCUT2D eigenvalue weighted by atomic mass is 16.5. The second-order valence-corrected chi connectivity index (χ2v) is 7.32. The number of ether oxygens (including phenoxy) is 4. The molecule has 0 saturated carbocycles. The highest BCUT2D eigenvalue weighted by Crippen LogP contribution is 2.32. The first-order valence-electron chi connectivity index (χ1n) is 10.9. The van der Waals surface area contributed by atoms with Crippen molar-refractivity contribution in [1.29, 1.82) is 0 Å². The molecular weight excluding hydrogens is 408 g/mol. The van der Waals surface area contributed by atoms with Gasteiger partial charge in [-0.05, 0) is 29.8 Å². The average Bonchev–Trinajstić information content (AvgIpc) is 2.86. The molecule has 0 aromatic heterocycles. The molecule has 2 aromatic rings. The van der Waals surface area contributed by atoms with Crippen molar-refractivity contribution in [2.24, 2.45) is 4.99 Å². The number of benzene rings is 2. The third-order valence-electron chi connectivity index (χ3n) is 5.37. The maximum Gasteiger partial charge on any atom is 0.191 e. The minimum Gasteiger partial charge on any atom is -0.493 e. The Hall–Kier alpha value is -2.97. The number of guanidine groups is 1. The van der Waals surface area contributed by atoms with Crippen molar-refractivity contribution in [1.82, 2.24) is 15.5 Å². The van der Waals surface area contributed by atoms with Crippen LogP contribution < -0.4 is 24.8 Å². The Morgan fingerprint density at radius 2 is 1.78 bits per heavy atom. The van der Waals surface area contributed by atoms with E-state index in [9.17, 15) is 0 Å². The number of hydrogen-bond acceptors (Lipinski definition) is 6. The zero-order valence-electron chi connectivity index (χ0n) is 19.2. The first-order chi connectivity index (χ1) is 15.7. The van der Waals surface area contributed by atoms with Crippen molar-refractivity contribution in [2.45, 2.75) is 6.04 Å². The molecule has 174 valence electrons. The number of nitrogens with zero attached hydrogens (tertiary/aromatic N) is 2. The summed E-state index contributed by atoms with van der Waals surface area (Å²) in [4.78, 5) is 6.78. The van der Waals surface area contributed by atoms with E-state index >= 15 is 0 Å². The first-order valence-corrected chi connectivity index (χ1v) is 10.9. The van der Waals surface area contributed by atoms with Gasteiger partial charge in [-0.25, -0.2) is 0 Å². The van der Waals surface area contributed by atoms with Gasteiger partial charge in [-0.15, -0.1) is 0 Å². The van der Waals surface area contributed by atoms with Gasteiger partial charge in [-0.2, -0.15) is 0 Å². The van der Waals surface area contributed by atoms with E-state index in [1.165, 1.54) is 0 Å². The van der Waals surface area contributed by atoms with Crippen LogP contribution >= 0.6 is 0 Å². The fourth-order valence-corrected chi connectivity index (χ4v) is 3.68. The van der Waals surface area contributed by atoms with E-state index in [2.05, 4.69) is 26.6 Å². The van der Waals surface area contributed by atoms with E-state index in [4.69, 9.17) is 18.9 Å². The van der Waals surface area contributed by atoms with Crippen LogP contribution in [0.5, 0.6) is 17.2 Å². The molecule has 32 heavy (non-hydrogen) atoms. The molecule has 0 radical (unpaired) electrons. The van der Waals surface area contributed by atoms with Crippen LogP contribution in [-0.4, -0.2) is 78.1 Å². The number of para-hydroxylation sites is 1. The molecule has 8 heteroatoms. The van der Waals surface area contributed by atoms with Gasteiger partial charge in [0.2, 0.25) is 0 Å². The van der Waals surface area contributed by atoms with Crippen molar-refractivity contribution in [3.05, 3.63) is 54.1 Å². The lowest BCUT2D eigenvalue weighted by Gasteiger charge is -2.35. The highest BCUT2D eigenvalue weighted by molar-refractivity contribution is 5.79. The Balaban J connectivity index is 1.60. The molecule has 2 aromatic carbocycles. The molecule has 1 saturated heterocycles. The first kappa shape index (κ1) is 23.7. The molecule has 1 unspecified atom stereocenters. The molecule has 1 heterocycles. The topological polar surface area (TPSA) is 76.6 Å². The van der Waals surface area contributed by atoms with Gasteiger partial charge < -0.3 is 29.6 Å².